The predicted octanol–water partition coefficient (Wildman–Crippen LogP) is 3.96. The molecule has 0 saturated heterocycles. The molecule has 1 aromatic carbocycles. The third kappa shape index (κ3) is 3.01. The van der Waals surface area contributed by atoms with Crippen LogP contribution in [0.15, 0.2) is 34.9 Å². The number of halogens is 2. The van der Waals surface area contributed by atoms with Crippen LogP contribution in [0.1, 0.15) is 36.3 Å². The molecular formula is C15H17F2NO. The molecule has 2 rings (SSSR count). The van der Waals surface area contributed by atoms with Crippen LogP contribution in [0.5, 0.6) is 0 Å². The monoisotopic (exact) mass is 265 g/mol. The molecule has 102 valence electrons. The lowest BCUT2D eigenvalue weighted by atomic mass is 10.0. The SMILES string of the molecule is CCCNC(c1cc(F)ccc1F)c1occc1C. The Bertz CT molecular complexity index is 551. The van der Waals surface area contributed by atoms with E-state index in [1.54, 1.807) is 6.26 Å². The van der Waals surface area contributed by atoms with Crippen LogP contribution in [-0.4, -0.2) is 6.54 Å². The molecule has 1 unspecified atom stereocenters. The summed E-state index contributed by atoms with van der Waals surface area (Å²) in [4.78, 5) is 0. The van der Waals surface area contributed by atoms with Gasteiger partial charge in [0.05, 0.1) is 12.3 Å². The molecule has 2 aromatic rings. The normalized spacial score (nSPS) is 12.6. The Balaban J connectivity index is 2.42. The fourth-order valence-corrected chi connectivity index (χ4v) is 2.05. The number of aryl methyl sites for hydroxylation is 1. The summed E-state index contributed by atoms with van der Waals surface area (Å²) in [5, 5.41) is 3.20. The zero-order valence-electron chi connectivity index (χ0n) is 11.0. The van der Waals surface area contributed by atoms with Crippen LogP contribution in [0.4, 0.5) is 8.78 Å². The molecule has 0 amide bonds. The van der Waals surface area contributed by atoms with E-state index in [1.807, 2.05) is 19.9 Å². The van der Waals surface area contributed by atoms with Gasteiger partial charge in [0, 0.05) is 5.56 Å². The second kappa shape index (κ2) is 5.97. The molecule has 1 N–H and O–H groups in total. The summed E-state index contributed by atoms with van der Waals surface area (Å²) in [5.41, 5.74) is 1.18. The lowest BCUT2D eigenvalue weighted by molar-refractivity contribution is 0.432. The molecule has 0 fully saturated rings. The number of furan rings is 1. The molecule has 19 heavy (non-hydrogen) atoms. The van der Waals surface area contributed by atoms with E-state index in [2.05, 4.69) is 5.32 Å². The van der Waals surface area contributed by atoms with Crippen molar-refractivity contribution in [1.29, 1.82) is 0 Å². The van der Waals surface area contributed by atoms with E-state index in [-0.39, 0.29) is 5.56 Å². The van der Waals surface area contributed by atoms with Gasteiger partial charge in [-0.2, -0.15) is 0 Å². The van der Waals surface area contributed by atoms with E-state index in [1.165, 1.54) is 6.07 Å². The molecule has 0 bridgehead atoms. The fourth-order valence-electron chi connectivity index (χ4n) is 2.05. The first kappa shape index (κ1) is 13.7. The van der Waals surface area contributed by atoms with Crippen LogP contribution >= 0.6 is 0 Å². The van der Waals surface area contributed by atoms with Crippen molar-refractivity contribution < 1.29 is 13.2 Å². The Morgan fingerprint density at radius 1 is 1.26 bits per heavy atom. The average Bonchev–Trinajstić information content (AvgIpc) is 2.80. The first-order valence-electron chi connectivity index (χ1n) is 6.35. The van der Waals surface area contributed by atoms with E-state index in [9.17, 15) is 8.78 Å². The molecule has 0 aliphatic rings. The molecule has 0 aliphatic carbocycles. The molecule has 0 aliphatic heterocycles. The van der Waals surface area contributed by atoms with E-state index >= 15 is 0 Å². The lowest BCUT2D eigenvalue weighted by Gasteiger charge is -2.18. The minimum Gasteiger partial charge on any atom is -0.467 e. The average molecular weight is 265 g/mol. The maximum absolute atomic E-state index is 13.9. The van der Waals surface area contributed by atoms with Gasteiger partial charge in [-0.1, -0.05) is 6.92 Å². The standard InChI is InChI=1S/C15H17F2NO/c1-3-7-18-14(15-10(2)6-8-19-15)12-9-11(16)4-5-13(12)17/h4-6,8-9,14,18H,3,7H2,1-2H3. The van der Waals surface area contributed by atoms with Gasteiger partial charge in [0.1, 0.15) is 17.4 Å². The topological polar surface area (TPSA) is 25.2 Å². The minimum atomic E-state index is -0.467. The van der Waals surface area contributed by atoms with Crippen molar-refractivity contribution in [3.8, 4) is 0 Å². The van der Waals surface area contributed by atoms with Crippen molar-refractivity contribution in [3.63, 3.8) is 0 Å². The highest BCUT2D eigenvalue weighted by molar-refractivity contribution is 5.32. The Morgan fingerprint density at radius 3 is 2.68 bits per heavy atom. The number of rotatable bonds is 5. The van der Waals surface area contributed by atoms with Crippen molar-refractivity contribution >= 4 is 0 Å². The van der Waals surface area contributed by atoms with E-state index in [0.717, 1.165) is 24.1 Å². The van der Waals surface area contributed by atoms with Gasteiger partial charge in [-0.3, -0.25) is 0 Å². The van der Waals surface area contributed by atoms with Crippen LogP contribution in [0.3, 0.4) is 0 Å². The fraction of sp³-hybridized carbons (Fsp3) is 0.333. The Kier molecular flexibility index (Phi) is 4.32. The van der Waals surface area contributed by atoms with Crippen LogP contribution in [0.2, 0.25) is 0 Å². The number of hydrogen-bond acceptors (Lipinski definition) is 2. The van der Waals surface area contributed by atoms with Crippen LogP contribution in [-0.2, 0) is 0 Å². The van der Waals surface area contributed by atoms with Gasteiger partial charge in [0.25, 0.3) is 0 Å². The van der Waals surface area contributed by atoms with Crippen molar-refractivity contribution in [2.24, 2.45) is 0 Å². The van der Waals surface area contributed by atoms with Crippen LogP contribution in [0, 0.1) is 18.6 Å². The third-order valence-corrected chi connectivity index (χ3v) is 3.03. The van der Waals surface area contributed by atoms with Gasteiger partial charge in [-0.15, -0.1) is 0 Å². The number of hydrogen-bond donors (Lipinski definition) is 1. The van der Waals surface area contributed by atoms with Crippen molar-refractivity contribution in [1.82, 2.24) is 5.32 Å². The second-order valence-electron chi connectivity index (χ2n) is 4.52. The Hall–Kier alpha value is -1.68. The molecule has 1 atom stereocenters. The Labute approximate surface area is 111 Å². The summed E-state index contributed by atoms with van der Waals surface area (Å²) in [5.74, 6) is -0.271. The van der Waals surface area contributed by atoms with E-state index in [4.69, 9.17) is 4.42 Å². The number of benzene rings is 1. The predicted molar refractivity (Wildman–Crippen MR) is 69.9 cm³/mol. The first-order chi connectivity index (χ1) is 9.13. The van der Waals surface area contributed by atoms with Crippen molar-refractivity contribution in [2.75, 3.05) is 6.54 Å². The van der Waals surface area contributed by atoms with Gasteiger partial charge in [0.2, 0.25) is 0 Å². The lowest BCUT2D eigenvalue weighted by Crippen LogP contribution is -2.24. The van der Waals surface area contributed by atoms with Crippen LogP contribution < -0.4 is 5.32 Å². The molecule has 1 heterocycles. The maximum atomic E-state index is 13.9. The summed E-state index contributed by atoms with van der Waals surface area (Å²) in [6.45, 7) is 4.60. The van der Waals surface area contributed by atoms with Gasteiger partial charge in [-0.25, -0.2) is 8.78 Å². The van der Waals surface area contributed by atoms with E-state index in [0.29, 0.717) is 12.3 Å². The molecule has 0 saturated carbocycles. The third-order valence-electron chi connectivity index (χ3n) is 3.03. The summed E-state index contributed by atoms with van der Waals surface area (Å²) in [6, 6.07) is 4.82. The molecular weight excluding hydrogens is 248 g/mol. The van der Waals surface area contributed by atoms with Gasteiger partial charge >= 0.3 is 0 Å². The van der Waals surface area contributed by atoms with E-state index < -0.39 is 17.7 Å². The zero-order valence-corrected chi connectivity index (χ0v) is 11.0. The minimum absolute atomic E-state index is 0.270. The number of nitrogens with one attached hydrogen (secondary N) is 1. The Morgan fingerprint density at radius 2 is 2.05 bits per heavy atom. The highest BCUT2D eigenvalue weighted by Crippen LogP contribution is 2.28. The highest BCUT2D eigenvalue weighted by Gasteiger charge is 2.22. The highest BCUT2D eigenvalue weighted by atomic mass is 19.1. The van der Waals surface area contributed by atoms with Crippen molar-refractivity contribution in [2.45, 2.75) is 26.3 Å². The maximum Gasteiger partial charge on any atom is 0.128 e. The summed E-state index contributed by atoms with van der Waals surface area (Å²) in [7, 11) is 0. The molecule has 4 heteroatoms. The molecule has 2 nitrogen and oxygen atoms in total. The first-order valence-corrected chi connectivity index (χ1v) is 6.35. The summed E-state index contributed by atoms with van der Waals surface area (Å²) in [6.07, 6.45) is 2.45. The molecule has 1 aromatic heterocycles. The largest absolute Gasteiger partial charge is 0.467 e. The van der Waals surface area contributed by atoms with Gasteiger partial charge in [-0.05, 0) is 49.7 Å². The summed E-state index contributed by atoms with van der Waals surface area (Å²) < 4.78 is 32.7. The van der Waals surface area contributed by atoms with Crippen LogP contribution in [0.25, 0.3) is 0 Å². The van der Waals surface area contributed by atoms with Crippen molar-refractivity contribution in [3.05, 3.63) is 59.1 Å². The van der Waals surface area contributed by atoms with Gasteiger partial charge in [0.15, 0.2) is 0 Å². The zero-order chi connectivity index (χ0) is 13.8. The summed E-state index contributed by atoms with van der Waals surface area (Å²) >= 11 is 0. The molecule has 0 radical (unpaired) electrons. The second-order valence-corrected chi connectivity index (χ2v) is 4.52. The van der Waals surface area contributed by atoms with Gasteiger partial charge < -0.3 is 9.73 Å². The molecule has 0 spiro atoms. The smallest absolute Gasteiger partial charge is 0.128 e. The quantitative estimate of drug-likeness (QED) is 0.885.